The number of nitrogens with two attached hydrogens (primary N) is 1. The van der Waals surface area contributed by atoms with E-state index in [0.717, 1.165) is 20.7 Å². The quantitative estimate of drug-likeness (QED) is 0.674. The predicted molar refractivity (Wildman–Crippen MR) is 64.6 cm³/mol. The molecule has 2 aromatic heterocycles. The van der Waals surface area contributed by atoms with Gasteiger partial charge in [0.1, 0.15) is 5.76 Å². The fourth-order valence-corrected chi connectivity index (χ4v) is 3.14. The SMILES string of the molecule is Cc1cc(C(NN)c2sccc2Br)co1. The summed E-state index contributed by atoms with van der Waals surface area (Å²) in [6.07, 6.45) is 1.73. The third kappa shape index (κ3) is 2.15. The molecule has 80 valence electrons. The molecule has 5 heteroatoms. The minimum atomic E-state index is -0.0168. The number of rotatable bonds is 3. The van der Waals surface area contributed by atoms with Crippen molar-refractivity contribution in [1.82, 2.24) is 5.43 Å². The van der Waals surface area contributed by atoms with Gasteiger partial charge in [-0.2, -0.15) is 0 Å². The van der Waals surface area contributed by atoms with Crippen LogP contribution in [-0.4, -0.2) is 0 Å². The van der Waals surface area contributed by atoms with Gasteiger partial charge < -0.3 is 4.42 Å². The van der Waals surface area contributed by atoms with E-state index in [1.54, 1.807) is 17.6 Å². The molecule has 0 saturated carbocycles. The standard InChI is InChI=1S/C10H11BrN2OS/c1-6-4-7(5-14-6)9(13-12)10-8(11)2-3-15-10/h2-5,9,13H,12H2,1H3. The van der Waals surface area contributed by atoms with Gasteiger partial charge in [0.2, 0.25) is 0 Å². The Hall–Kier alpha value is -0.620. The lowest BCUT2D eigenvalue weighted by atomic mass is 10.1. The zero-order valence-electron chi connectivity index (χ0n) is 8.16. The Morgan fingerprint density at radius 3 is 2.87 bits per heavy atom. The first-order valence-corrected chi connectivity index (χ1v) is 6.13. The van der Waals surface area contributed by atoms with Gasteiger partial charge in [-0.05, 0) is 40.4 Å². The number of furan rings is 1. The highest BCUT2D eigenvalue weighted by atomic mass is 79.9. The smallest absolute Gasteiger partial charge is 0.101 e. The Bertz CT molecular complexity index is 452. The topological polar surface area (TPSA) is 51.2 Å². The maximum Gasteiger partial charge on any atom is 0.101 e. The number of thiophene rings is 1. The van der Waals surface area contributed by atoms with E-state index in [9.17, 15) is 0 Å². The number of hydrogen-bond donors (Lipinski definition) is 2. The van der Waals surface area contributed by atoms with E-state index in [4.69, 9.17) is 10.3 Å². The highest BCUT2D eigenvalue weighted by molar-refractivity contribution is 9.10. The third-order valence-electron chi connectivity index (χ3n) is 2.16. The zero-order valence-corrected chi connectivity index (χ0v) is 10.6. The summed E-state index contributed by atoms with van der Waals surface area (Å²) in [6, 6.07) is 3.98. The molecular formula is C10H11BrN2OS. The van der Waals surface area contributed by atoms with E-state index in [2.05, 4.69) is 21.4 Å². The lowest BCUT2D eigenvalue weighted by molar-refractivity contribution is 0.526. The van der Waals surface area contributed by atoms with E-state index in [0.29, 0.717) is 0 Å². The Morgan fingerprint density at radius 2 is 2.40 bits per heavy atom. The van der Waals surface area contributed by atoms with Crippen molar-refractivity contribution in [2.75, 3.05) is 0 Å². The van der Waals surface area contributed by atoms with Crippen LogP contribution in [0.3, 0.4) is 0 Å². The molecule has 3 N–H and O–H groups in total. The van der Waals surface area contributed by atoms with Crippen LogP contribution in [0.15, 0.2) is 32.7 Å². The van der Waals surface area contributed by atoms with Gasteiger partial charge in [0, 0.05) is 14.9 Å². The van der Waals surface area contributed by atoms with Gasteiger partial charge in [-0.3, -0.25) is 5.84 Å². The van der Waals surface area contributed by atoms with E-state index in [1.807, 2.05) is 24.4 Å². The van der Waals surface area contributed by atoms with Crippen LogP contribution in [0.4, 0.5) is 0 Å². The summed E-state index contributed by atoms with van der Waals surface area (Å²) in [4.78, 5) is 1.15. The highest BCUT2D eigenvalue weighted by Crippen LogP contribution is 2.33. The number of halogens is 1. The van der Waals surface area contributed by atoms with Gasteiger partial charge in [0.05, 0.1) is 12.3 Å². The maximum atomic E-state index is 5.57. The van der Waals surface area contributed by atoms with Crippen molar-refractivity contribution >= 4 is 27.3 Å². The molecule has 15 heavy (non-hydrogen) atoms. The molecule has 0 aliphatic heterocycles. The monoisotopic (exact) mass is 286 g/mol. The van der Waals surface area contributed by atoms with Crippen LogP contribution in [0.5, 0.6) is 0 Å². The average Bonchev–Trinajstić information content (AvgIpc) is 2.79. The van der Waals surface area contributed by atoms with Crippen LogP contribution in [-0.2, 0) is 0 Å². The Balaban J connectivity index is 2.36. The maximum absolute atomic E-state index is 5.57. The molecule has 0 bridgehead atoms. The molecule has 2 heterocycles. The van der Waals surface area contributed by atoms with Gasteiger partial charge in [0.15, 0.2) is 0 Å². The summed E-state index contributed by atoms with van der Waals surface area (Å²) >= 11 is 5.15. The molecule has 0 aliphatic rings. The first-order chi connectivity index (χ1) is 7.22. The van der Waals surface area contributed by atoms with Gasteiger partial charge in [0.25, 0.3) is 0 Å². The van der Waals surface area contributed by atoms with Crippen molar-refractivity contribution < 1.29 is 4.42 Å². The Kier molecular flexibility index (Phi) is 3.25. The minimum Gasteiger partial charge on any atom is -0.469 e. The summed E-state index contributed by atoms with van der Waals surface area (Å²) < 4.78 is 6.34. The molecule has 1 atom stereocenters. The molecule has 2 rings (SSSR count). The summed E-state index contributed by atoms with van der Waals surface area (Å²) in [5.74, 6) is 6.46. The number of nitrogens with one attached hydrogen (secondary N) is 1. The number of hydrogen-bond acceptors (Lipinski definition) is 4. The molecule has 0 radical (unpaired) electrons. The summed E-state index contributed by atoms with van der Waals surface area (Å²) in [7, 11) is 0. The average molecular weight is 287 g/mol. The van der Waals surface area contributed by atoms with Crippen LogP contribution >= 0.6 is 27.3 Å². The predicted octanol–water partition coefficient (Wildman–Crippen LogP) is 2.96. The second-order valence-electron chi connectivity index (χ2n) is 3.22. The fourth-order valence-electron chi connectivity index (χ4n) is 1.45. The summed E-state index contributed by atoms with van der Waals surface area (Å²) in [5.41, 5.74) is 3.84. The van der Waals surface area contributed by atoms with E-state index < -0.39 is 0 Å². The van der Waals surface area contributed by atoms with Gasteiger partial charge in [-0.1, -0.05) is 0 Å². The number of aryl methyl sites for hydroxylation is 1. The van der Waals surface area contributed by atoms with E-state index in [-0.39, 0.29) is 6.04 Å². The normalized spacial score (nSPS) is 13.0. The Morgan fingerprint density at radius 1 is 1.60 bits per heavy atom. The second-order valence-corrected chi connectivity index (χ2v) is 5.03. The molecule has 0 spiro atoms. The van der Waals surface area contributed by atoms with Crippen LogP contribution in [0.2, 0.25) is 0 Å². The van der Waals surface area contributed by atoms with Gasteiger partial charge in [-0.15, -0.1) is 11.3 Å². The van der Waals surface area contributed by atoms with E-state index in [1.165, 1.54) is 0 Å². The van der Waals surface area contributed by atoms with Crippen LogP contribution < -0.4 is 11.3 Å². The second kappa shape index (κ2) is 4.49. The van der Waals surface area contributed by atoms with Crippen molar-refractivity contribution in [2.45, 2.75) is 13.0 Å². The van der Waals surface area contributed by atoms with E-state index >= 15 is 0 Å². The fraction of sp³-hybridized carbons (Fsp3) is 0.200. The molecule has 0 aromatic carbocycles. The Labute approximate surface area is 100 Å². The summed E-state index contributed by atoms with van der Waals surface area (Å²) in [6.45, 7) is 1.92. The minimum absolute atomic E-state index is 0.0168. The third-order valence-corrected chi connectivity index (χ3v) is 4.09. The van der Waals surface area contributed by atoms with Crippen molar-refractivity contribution in [3.8, 4) is 0 Å². The van der Waals surface area contributed by atoms with Crippen LogP contribution in [0.1, 0.15) is 22.2 Å². The first-order valence-electron chi connectivity index (χ1n) is 4.46. The molecular weight excluding hydrogens is 276 g/mol. The zero-order chi connectivity index (χ0) is 10.8. The highest BCUT2D eigenvalue weighted by Gasteiger charge is 2.18. The molecule has 0 amide bonds. The molecule has 1 unspecified atom stereocenters. The molecule has 0 fully saturated rings. The lowest BCUT2D eigenvalue weighted by Gasteiger charge is -2.12. The molecule has 2 aromatic rings. The van der Waals surface area contributed by atoms with Crippen molar-refractivity contribution in [3.05, 3.63) is 44.4 Å². The van der Waals surface area contributed by atoms with Crippen LogP contribution in [0.25, 0.3) is 0 Å². The molecule has 0 saturated heterocycles. The van der Waals surface area contributed by atoms with Crippen LogP contribution in [0, 0.1) is 6.92 Å². The number of hydrazine groups is 1. The lowest BCUT2D eigenvalue weighted by Crippen LogP contribution is -2.28. The largest absolute Gasteiger partial charge is 0.469 e. The molecule has 3 nitrogen and oxygen atoms in total. The van der Waals surface area contributed by atoms with Crippen molar-refractivity contribution in [2.24, 2.45) is 5.84 Å². The van der Waals surface area contributed by atoms with Gasteiger partial charge in [-0.25, -0.2) is 5.43 Å². The molecule has 0 aliphatic carbocycles. The van der Waals surface area contributed by atoms with Crippen molar-refractivity contribution in [1.29, 1.82) is 0 Å². The summed E-state index contributed by atoms with van der Waals surface area (Å²) in [5, 5.41) is 2.02. The first kappa shape index (κ1) is 10.9. The van der Waals surface area contributed by atoms with Crippen molar-refractivity contribution in [3.63, 3.8) is 0 Å². The van der Waals surface area contributed by atoms with Gasteiger partial charge >= 0.3 is 0 Å².